The second-order valence-corrected chi connectivity index (χ2v) is 22.2. The summed E-state index contributed by atoms with van der Waals surface area (Å²) < 4.78 is 48.5. The topological polar surface area (TPSA) is 51.1 Å². The molecule has 0 aliphatic rings. The Kier molecular flexibility index (Phi) is 11.7. The molecule has 0 fully saturated rings. The van der Waals surface area contributed by atoms with Crippen molar-refractivity contribution in [3.8, 4) is 44.9 Å². The van der Waals surface area contributed by atoms with Gasteiger partial charge in [-0.2, -0.15) is 0 Å². The van der Waals surface area contributed by atoms with Crippen LogP contribution in [0.15, 0.2) is 244 Å². The van der Waals surface area contributed by atoms with Gasteiger partial charge in [0, 0.05) is 53.1 Å². The Balaban J connectivity index is 0.000000114. The number of hydrogen-bond acceptors (Lipinski definition) is 3. The number of aryl methyl sites for hydroxylation is 8. The van der Waals surface area contributed by atoms with Gasteiger partial charge < -0.3 is 13.3 Å². The zero-order chi connectivity index (χ0) is 59.1. The number of fused-ring (bicyclic) bond motifs is 15. The third kappa shape index (κ3) is 9.04. The van der Waals surface area contributed by atoms with Crippen LogP contribution in [0.3, 0.4) is 0 Å². The molecule has 10 aromatic carbocycles. The van der Waals surface area contributed by atoms with Gasteiger partial charge in [0.05, 0.1) is 34.4 Å². The van der Waals surface area contributed by atoms with E-state index in [0.29, 0.717) is 5.56 Å². The monoisotopic (exact) mass is 1080 g/mol. The van der Waals surface area contributed by atoms with Crippen molar-refractivity contribution >= 4 is 98.1 Å². The number of aromatic nitrogens is 3. The minimum absolute atomic E-state index is 0.359. The maximum atomic E-state index is 7.64. The molecule has 6 nitrogen and oxygen atoms in total. The van der Waals surface area contributed by atoms with E-state index >= 15 is 0 Å². The third-order valence-corrected chi connectivity index (χ3v) is 16.6. The van der Waals surface area contributed by atoms with Crippen molar-refractivity contribution in [3.63, 3.8) is 0 Å². The largest absolute Gasteiger partial charge is 0.455 e. The van der Waals surface area contributed by atoms with Crippen molar-refractivity contribution in [1.82, 2.24) is 0 Å². The van der Waals surface area contributed by atoms with Crippen LogP contribution < -0.4 is 13.7 Å². The van der Waals surface area contributed by atoms with Gasteiger partial charge in [-0.05, 0) is 127 Å². The Morgan fingerprint density at radius 3 is 1.20 bits per heavy atom. The first kappa shape index (κ1) is 47.6. The fourth-order valence-electron chi connectivity index (χ4n) is 12.4. The normalized spacial score (nSPS) is 12.3. The number of hydrogen-bond donors (Lipinski definition) is 0. The van der Waals surface area contributed by atoms with Gasteiger partial charge >= 0.3 is 0 Å². The van der Waals surface area contributed by atoms with E-state index in [2.05, 4.69) is 237 Å². The summed E-state index contributed by atoms with van der Waals surface area (Å²) >= 11 is 0. The molecule has 0 bridgehead atoms. The molecule has 0 aliphatic carbocycles. The molecular formula is C77H62N3O3+3. The molecular weight excluding hydrogens is 1010 g/mol. The van der Waals surface area contributed by atoms with Crippen molar-refractivity contribution in [2.45, 2.75) is 34.5 Å². The number of rotatable bonds is 4. The lowest BCUT2D eigenvalue weighted by atomic mass is 10.00. The number of furan rings is 3. The molecule has 6 aromatic heterocycles. The fraction of sp³-hybridized carbons (Fsp3) is 0.104. The zero-order valence-corrected chi connectivity index (χ0v) is 47.5. The molecule has 0 saturated heterocycles. The standard InChI is InChI=1S/C29H22NO.2C24H20NO/c1-19-8-6-7-11-23(19)27-17-28-26(18-30(27)2)25-15-13-22-16-21(20-9-4-3-5-10-20)12-14-24(22)29(25)31-28;2*1-15-8-10-18(16(2)12-15)22-13-23-21(14-25(22)3)20-11-9-17-6-4-5-7-19(17)24(20)26-23/h3-18H,1-2H3;2*4-14H,1-3H3/q3*+1/i;1D3;. The molecule has 0 atom stereocenters. The molecule has 6 heterocycles. The van der Waals surface area contributed by atoms with Gasteiger partial charge in [-0.25, -0.2) is 13.7 Å². The Morgan fingerprint density at radius 2 is 0.711 bits per heavy atom. The lowest BCUT2D eigenvalue weighted by Gasteiger charge is -2.05. The molecule has 0 saturated carbocycles. The van der Waals surface area contributed by atoms with Gasteiger partial charge in [-0.3, -0.25) is 0 Å². The predicted molar refractivity (Wildman–Crippen MR) is 343 cm³/mol. The maximum Gasteiger partial charge on any atom is 0.216 e. The van der Waals surface area contributed by atoms with Gasteiger partial charge in [0.25, 0.3) is 0 Å². The average Bonchev–Trinajstić information content (AvgIpc) is 1.81. The van der Waals surface area contributed by atoms with Crippen LogP contribution >= 0.6 is 0 Å². The lowest BCUT2D eigenvalue weighted by Crippen LogP contribution is -2.30. The summed E-state index contributed by atoms with van der Waals surface area (Å²) in [5.41, 5.74) is 19.8. The highest BCUT2D eigenvalue weighted by Crippen LogP contribution is 2.39. The van der Waals surface area contributed by atoms with Crippen LogP contribution in [-0.4, -0.2) is 0 Å². The number of benzene rings is 10. The van der Waals surface area contributed by atoms with Crippen molar-refractivity contribution in [2.24, 2.45) is 21.1 Å². The highest BCUT2D eigenvalue weighted by molar-refractivity contribution is 6.17. The fourth-order valence-corrected chi connectivity index (χ4v) is 12.4. The highest BCUT2D eigenvalue weighted by atomic mass is 16.3. The lowest BCUT2D eigenvalue weighted by molar-refractivity contribution is -0.659. The first-order valence-corrected chi connectivity index (χ1v) is 28.2. The van der Waals surface area contributed by atoms with E-state index in [4.69, 9.17) is 17.4 Å². The van der Waals surface area contributed by atoms with Crippen LogP contribution in [0.4, 0.5) is 0 Å². The first-order valence-electron chi connectivity index (χ1n) is 29.7. The predicted octanol–water partition coefficient (Wildman–Crippen LogP) is 18.9. The van der Waals surface area contributed by atoms with E-state index in [-0.39, 0.29) is 0 Å². The number of nitrogens with zero attached hydrogens (tertiary/aromatic N) is 3. The van der Waals surface area contributed by atoms with Gasteiger partial charge in [-0.15, -0.1) is 0 Å². The summed E-state index contributed by atoms with van der Waals surface area (Å²) in [5.74, 6) is 0. The zero-order valence-electron chi connectivity index (χ0n) is 50.5. The summed E-state index contributed by atoms with van der Waals surface area (Å²) in [4.78, 5) is 0. The van der Waals surface area contributed by atoms with E-state index in [1.165, 1.54) is 60.8 Å². The van der Waals surface area contributed by atoms with Crippen LogP contribution in [0.2, 0.25) is 0 Å². The highest BCUT2D eigenvalue weighted by Gasteiger charge is 2.23. The molecule has 0 N–H and O–H groups in total. The molecule has 400 valence electrons. The second kappa shape index (κ2) is 20.4. The van der Waals surface area contributed by atoms with Gasteiger partial charge in [0.1, 0.15) is 54.6 Å². The van der Waals surface area contributed by atoms with Crippen molar-refractivity contribution < 1.29 is 31.1 Å². The molecule has 0 radical (unpaired) electrons. The van der Waals surface area contributed by atoms with Crippen LogP contribution in [-0.2, 0) is 21.1 Å². The molecule has 6 heteroatoms. The minimum Gasteiger partial charge on any atom is -0.455 e. The molecule has 0 spiro atoms. The first-order chi connectivity index (χ1) is 41.6. The van der Waals surface area contributed by atoms with Crippen molar-refractivity contribution in [3.05, 3.63) is 259 Å². The van der Waals surface area contributed by atoms with Gasteiger partial charge in [-0.1, -0.05) is 157 Å². The summed E-state index contributed by atoms with van der Waals surface area (Å²) in [5, 5.41) is 13.7. The van der Waals surface area contributed by atoms with Crippen LogP contribution in [0, 0.1) is 34.5 Å². The molecule has 16 rings (SSSR count). The third-order valence-electron chi connectivity index (χ3n) is 16.6. The summed E-state index contributed by atoms with van der Waals surface area (Å²) in [6.07, 6.45) is 6.46. The van der Waals surface area contributed by atoms with E-state index in [1.807, 2.05) is 44.3 Å². The van der Waals surface area contributed by atoms with E-state index in [0.717, 1.165) is 104 Å². The Labute approximate surface area is 486 Å². The SMILES string of the molecule is Cc1ccc(-c2cc3oc4c5ccccc5ccc4c3c[n+]2C)c(C)c1.Cc1ccccc1-c1cc2oc3c4ccc(-c5ccccc5)cc4ccc3c2c[n+]1C.[2H]C([2H])([2H])c1ccc(-c2cc3oc4c5ccccc5ccc4c3c[n+]2C)c(C)c1. The summed E-state index contributed by atoms with van der Waals surface area (Å²) in [6, 6.07) is 73.5. The average molecular weight is 1080 g/mol. The van der Waals surface area contributed by atoms with Crippen molar-refractivity contribution in [2.75, 3.05) is 0 Å². The van der Waals surface area contributed by atoms with E-state index < -0.39 is 6.85 Å². The molecule has 83 heavy (non-hydrogen) atoms. The Morgan fingerprint density at radius 1 is 0.301 bits per heavy atom. The molecule has 0 aliphatic heterocycles. The molecule has 16 aromatic rings. The van der Waals surface area contributed by atoms with Crippen LogP contribution in [0.5, 0.6) is 0 Å². The maximum absolute atomic E-state index is 7.64. The second-order valence-electron chi connectivity index (χ2n) is 22.2. The van der Waals surface area contributed by atoms with E-state index in [1.54, 1.807) is 12.1 Å². The van der Waals surface area contributed by atoms with Crippen molar-refractivity contribution in [1.29, 1.82) is 0 Å². The Bertz CT molecular complexity index is 5380. The minimum atomic E-state index is -2.10. The van der Waals surface area contributed by atoms with Gasteiger partial charge in [0.2, 0.25) is 17.1 Å². The van der Waals surface area contributed by atoms with E-state index in [9.17, 15) is 0 Å². The van der Waals surface area contributed by atoms with Crippen LogP contribution in [0.1, 0.15) is 31.9 Å². The quantitative estimate of drug-likeness (QED) is 0.165. The smallest absolute Gasteiger partial charge is 0.216 e. The number of pyridine rings is 3. The summed E-state index contributed by atoms with van der Waals surface area (Å²) in [6.45, 7) is 6.29. The molecule has 0 unspecified atom stereocenters. The van der Waals surface area contributed by atoms with Gasteiger partial charge in [0.15, 0.2) is 18.6 Å². The Hall–Kier alpha value is -10.2. The summed E-state index contributed by atoms with van der Waals surface area (Å²) in [7, 11) is 6.22. The van der Waals surface area contributed by atoms with Crippen LogP contribution in [0.25, 0.3) is 143 Å². The molecule has 0 amide bonds.